The molecule has 94 valence electrons. The van der Waals surface area contributed by atoms with Crippen LogP contribution in [0.15, 0.2) is 0 Å². The number of carbonyl (C=O) groups is 1. The highest BCUT2D eigenvalue weighted by Crippen LogP contribution is 2.38. The highest BCUT2D eigenvalue weighted by molar-refractivity contribution is 7.16. The van der Waals surface area contributed by atoms with Gasteiger partial charge in [-0.3, -0.25) is 4.79 Å². The number of nitrogens with one attached hydrogen (secondary N) is 2. The van der Waals surface area contributed by atoms with Crippen molar-refractivity contribution in [2.24, 2.45) is 5.92 Å². The molecule has 1 aromatic heterocycles. The van der Waals surface area contributed by atoms with E-state index in [2.05, 4.69) is 16.7 Å². The lowest BCUT2D eigenvalue weighted by Gasteiger charge is -2.26. The standard InChI is InChI=1S/C13H15N3OS/c14-5-10-9-2-1-3-11(9)18-13(10)16-12(17)4-8-6-15-7-8/h8,15H,1-4,6-7H2,(H,16,17). The largest absolute Gasteiger partial charge is 0.317 e. The number of rotatable bonds is 3. The lowest BCUT2D eigenvalue weighted by Crippen LogP contribution is -2.43. The maximum Gasteiger partial charge on any atom is 0.225 e. The van der Waals surface area contributed by atoms with E-state index in [0.717, 1.165) is 37.4 Å². The molecule has 2 N–H and O–H groups in total. The first kappa shape index (κ1) is 11.7. The van der Waals surface area contributed by atoms with E-state index in [0.29, 0.717) is 17.9 Å². The van der Waals surface area contributed by atoms with Crippen molar-refractivity contribution < 1.29 is 4.79 Å². The zero-order valence-corrected chi connectivity index (χ0v) is 10.9. The van der Waals surface area contributed by atoms with Gasteiger partial charge < -0.3 is 10.6 Å². The monoisotopic (exact) mass is 261 g/mol. The number of thiophene rings is 1. The summed E-state index contributed by atoms with van der Waals surface area (Å²) >= 11 is 1.58. The maximum atomic E-state index is 11.9. The zero-order valence-electron chi connectivity index (χ0n) is 10.1. The van der Waals surface area contributed by atoms with Gasteiger partial charge >= 0.3 is 0 Å². The van der Waals surface area contributed by atoms with Gasteiger partial charge in [0.1, 0.15) is 11.1 Å². The van der Waals surface area contributed by atoms with Gasteiger partial charge in [-0.15, -0.1) is 11.3 Å². The van der Waals surface area contributed by atoms with Crippen LogP contribution in [-0.2, 0) is 17.6 Å². The molecule has 18 heavy (non-hydrogen) atoms. The Bertz CT molecular complexity index is 525. The van der Waals surface area contributed by atoms with Crippen molar-refractivity contribution in [1.82, 2.24) is 5.32 Å². The van der Waals surface area contributed by atoms with E-state index in [9.17, 15) is 10.1 Å². The summed E-state index contributed by atoms with van der Waals surface area (Å²) in [5, 5.41) is 16.1. The van der Waals surface area contributed by atoms with Crippen molar-refractivity contribution in [1.29, 1.82) is 5.26 Å². The molecule has 1 aromatic rings. The third-order valence-corrected chi connectivity index (χ3v) is 4.83. The number of amides is 1. The Balaban J connectivity index is 1.72. The van der Waals surface area contributed by atoms with Gasteiger partial charge in [-0.25, -0.2) is 0 Å². The summed E-state index contributed by atoms with van der Waals surface area (Å²) in [6.07, 6.45) is 3.73. The number of nitriles is 1. The van der Waals surface area contributed by atoms with Crippen LogP contribution in [0, 0.1) is 17.2 Å². The fourth-order valence-corrected chi connectivity index (χ4v) is 3.80. The third kappa shape index (κ3) is 2.02. The van der Waals surface area contributed by atoms with Crippen molar-refractivity contribution in [3.8, 4) is 6.07 Å². The summed E-state index contributed by atoms with van der Waals surface area (Å²) in [6, 6.07) is 2.25. The SMILES string of the molecule is N#Cc1c(NC(=O)CC2CNC2)sc2c1CCC2. The zero-order chi connectivity index (χ0) is 12.5. The third-order valence-electron chi connectivity index (χ3n) is 3.63. The Morgan fingerprint density at radius 1 is 1.50 bits per heavy atom. The van der Waals surface area contributed by atoms with Crippen LogP contribution in [0.2, 0.25) is 0 Å². The summed E-state index contributed by atoms with van der Waals surface area (Å²) in [5.74, 6) is 0.500. The highest BCUT2D eigenvalue weighted by atomic mass is 32.1. The van der Waals surface area contributed by atoms with E-state index < -0.39 is 0 Å². The first-order chi connectivity index (χ1) is 8.78. The van der Waals surface area contributed by atoms with Crippen LogP contribution in [0.5, 0.6) is 0 Å². The molecule has 4 nitrogen and oxygen atoms in total. The molecule has 1 saturated heterocycles. The fraction of sp³-hybridized carbons (Fsp3) is 0.538. The molecule has 2 heterocycles. The molecule has 2 aliphatic rings. The van der Waals surface area contributed by atoms with E-state index in [1.807, 2.05) is 0 Å². The Kier molecular flexibility index (Phi) is 3.06. The number of fused-ring (bicyclic) bond motifs is 1. The summed E-state index contributed by atoms with van der Waals surface area (Å²) in [5.41, 5.74) is 1.87. The highest BCUT2D eigenvalue weighted by Gasteiger charge is 2.25. The van der Waals surface area contributed by atoms with Gasteiger partial charge in [-0.05, 0) is 43.8 Å². The van der Waals surface area contributed by atoms with E-state index in [1.165, 1.54) is 10.4 Å². The van der Waals surface area contributed by atoms with Crippen molar-refractivity contribution >= 4 is 22.2 Å². The van der Waals surface area contributed by atoms with Gasteiger partial charge in [0.25, 0.3) is 0 Å². The Morgan fingerprint density at radius 3 is 3.00 bits per heavy atom. The number of carbonyl (C=O) groups excluding carboxylic acids is 1. The second kappa shape index (κ2) is 4.71. The topological polar surface area (TPSA) is 64.9 Å². The number of nitrogens with zero attached hydrogens (tertiary/aromatic N) is 1. The van der Waals surface area contributed by atoms with Gasteiger partial charge in [-0.1, -0.05) is 0 Å². The minimum atomic E-state index is 0.0397. The molecule has 0 atom stereocenters. The van der Waals surface area contributed by atoms with Crippen LogP contribution in [0.25, 0.3) is 0 Å². The molecule has 3 rings (SSSR count). The first-order valence-corrected chi connectivity index (χ1v) is 7.14. The molecule has 0 unspecified atom stereocenters. The lowest BCUT2D eigenvalue weighted by molar-refractivity contribution is -0.117. The predicted molar refractivity (Wildman–Crippen MR) is 70.7 cm³/mol. The Hall–Kier alpha value is -1.38. The van der Waals surface area contributed by atoms with Crippen molar-refractivity contribution in [2.45, 2.75) is 25.7 Å². The Morgan fingerprint density at radius 2 is 2.33 bits per heavy atom. The van der Waals surface area contributed by atoms with Crippen LogP contribution in [-0.4, -0.2) is 19.0 Å². The predicted octanol–water partition coefficient (Wildman–Crippen LogP) is 1.66. The van der Waals surface area contributed by atoms with Crippen molar-refractivity contribution in [3.63, 3.8) is 0 Å². The van der Waals surface area contributed by atoms with Crippen LogP contribution in [0.4, 0.5) is 5.00 Å². The van der Waals surface area contributed by atoms with Gasteiger partial charge in [-0.2, -0.15) is 5.26 Å². The molecular weight excluding hydrogens is 246 g/mol. The second-order valence-corrected chi connectivity index (χ2v) is 6.06. The molecule has 5 heteroatoms. The molecule has 0 radical (unpaired) electrons. The molecule has 1 amide bonds. The van der Waals surface area contributed by atoms with Crippen LogP contribution in [0.1, 0.15) is 28.8 Å². The number of hydrogen-bond acceptors (Lipinski definition) is 4. The normalized spacial score (nSPS) is 17.9. The number of hydrogen-bond donors (Lipinski definition) is 2. The molecule has 1 fully saturated rings. The van der Waals surface area contributed by atoms with Crippen LogP contribution < -0.4 is 10.6 Å². The molecule has 0 spiro atoms. The lowest BCUT2D eigenvalue weighted by atomic mass is 9.99. The van der Waals surface area contributed by atoms with Gasteiger partial charge in [0, 0.05) is 11.3 Å². The van der Waals surface area contributed by atoms with E-state index in [4.69, 9.17) is 0 Å². The minimum Gasteiger partial charge on any atom is -0.317 e. The van der Waals surface area contributed by atoms with Crippen molar-refractivity contribution in [2.75, 3.05) is 18.4 Å². The smallest absolute Gasteiger partial charge is 0.225 e. The average Bonchev–Trinajstić information content (AvgIpc) is 2.83. The fourth-order valence-electron chi connectivity index (χ4n) is 2.54. The summed E-state index contributed by atoms with van der Waals surface area (Å²) in [4.78, 5) is 13.2. The quantitative estimate of drug-likeness (QED) is 0.869. The van der Waals surface area contributed by atoms with Crippen molar-refractivity contribution in [3.05, 3.63) is 16.0 Å². The summed E-state index contributed by atoms with van der Waals surface area (Å²) in [7, 11) is 0. The average molecular weight is 261 g/mol. The molecule has 1 aliphatic carbocycles. The van der Waals surface area contributed by atoms with E-state index in [-0.39, 0.29) is 5.91 Å². The molecule has 0 aromatic carbocycles. The summed E-state index contributed by atoms with van der Waals surface area (Å²) < 4.78 is 0. The van der Waals surface area contributed by atoms with Gasteiger partial charge in [0.05, 0.1) is 5.56 Å². The maximum absolute atomic E-state index is 11.9. The molecule has 1 aliphatic heterocycles. The number of aryl methyl sites for hydroxylation is 1. The molecular formula is C13H15N3OS. The Labute approximate surface area is 110 Å². The van der Waals surface area contributed by atoms with Gasteiger partial charge in [0.15, 0.2) is 0 Å². The first-order valence-electron chi connectivity index (χ1n) is 6.33. The van der Waals surface area contributed by atoms with Crippen LogP contribution >= 0.6 is 11.3 Å². The number of anilines is 1. The van der Waals surface area contributed by atoms with E-state index in [1.54, 1.807) is 11.3 Å². The molecule has 0 bridgehead atoms. The van der Waals surface area contributed by atoms with Gasteiger partial charge in [0.2, 0.25) is 5.91 Å². The second-order valence-electron chi connectivity index (χ2n) is 4.95. The van der Waals surface area contributed by atoms with Crippen LogP contribution in [0.3, 0.4) is 0 Å². The minimum absolute atomic E-state index is 0.0397. The summed E-state index contributed by atoms with van der Waals surface area (Å²) in [6.45, 7) is 1.86. The molecule has 0 saturated carbocycles. The van der Waals surface area contributed by atoms with E-state index >= 15 is 0 Å².